The summed E-state index contributed by atoms with van der Waals surface area (Å²) in [6, 6.07) is 3.37. The molecular weight excluding hydrogens is 422 g/mol. The van der Waals surface area contributed by atoms with Gasteiger partial charge in [0.25, 0.3) is 0 Å². The minimum atomic E-state index is -4.58. The second-order valence-corrected chi connectivity index (χ2v) is 9.65. The fraction of sp³-hybridized carbons (Fsp3) is 0.500. The van der Waals surface area contributed by atoms with Crippen LogP contribution in [0.1, 0.15) is 52.5 Å². The molecule has 0 aromatic heterocycles. The van der Waals surface area contributed by atoms with E-state index in [9.17, 15) is 18.0 Å². The molecule has 0 aliphatic heterocycles. The van der Waals surface area contributed by atoms with Gasteiger partial charge < -0.3 is 5.32 Å². The third-order valence-corrected chi connectivity index (χ3v) is 6.00. The Kier molecular flexibility index (Phi) is 7.17. The van der Waals surface area contributed by atoms with Gasteiger partial charge in [0.15, 0.2) is 0 Å². The maximum Gasteiger partial charge on any atom is 0.417 e. The lowest BCUT2D eigenvalue weighted by molar-refractivity contribution is -0.137. The third kappa shape index (κ3) is 6.26. The predicted molar refractivity (Wildman–Crippen MR) is 113 cm³/mol. The number of carbonyl (C=O) groups excluding carboxylic acids is 1. The number of nitrogens with one attached hydrogen (secondary N) is 1. The zero-order chi connectivity index (χ0) is 22.0. The zero-order valence-electron chi connectivity index (χ0n) is 17.0. The summed E-state index contributed by atoms with van der Waals surface area (Å²) in [4.78, 5) is 12.7. The van der Waals surface area contributed by atoms with Crippen molar-refractivity contribution in [1.29, 1.82) is 0 Å². The molecule has 160 valence electrons. The van der Waals surface area contributed by atoms with Crippen LogP contribution in [0.3, 0.4) is 0 Å². The van der Waals surface area contributed by atoms with E-state index in [0.29, 0.717) is 6.42 Å². The molecule has 2 nitrogen and oxygen atoms in total. The van der Waals surface area contributed by atoms with Crippen LogP contribution in [-0.2, 0) is 11.0 Å². The molecule has 1 aromatic carbocycles. The number of anilines is 1. The van der Waals surface area contributed by atoms with Crippen LogP contribution in [0.5, 0.6) is 0 Å². The van der Waals surface area contributed by atoms with Crippen LogP contribution in [0.15, 0.2) is 42.0 Å². The van der Waals surface area contributed by atoms with Gasteiger partial charge >= 0.3 is 6.18 Å². The van der Waals surface area contributed by atoms with Gasteiger partial charge in [0.2, 0.25) is 5.91 Å². The third-order valence-electron chi connectivity index (χ3n) is 5.35. The summed E-state index contributed by atoms with van der Waals surface area (Å²) in [5.41, 5.74) is -0.620. The maximum absolute atomic E-state index is 13.0. The second kappa shape index (κ2) is 8.73. The monoisotopic (exact) mass is 447 g/mol. The summed E-state index contributed by atoms with van der Waals surface area (Å²) in [5, 5.41) is 2.21. The van der Waals surface area contributed by atoms with Crippen LogP contribution in [0.4, 0.5) is 18.9 Å². The summed E-state index contributed by atoms with van der Waals surface area (Å²) in [6.07, 6.45) is 3.62. The Balaban J connectivity index is 2.06. The van der Waals surface area contributed by atoms with Gasteiger partial charge in [0.05, 0.1) is 16.0 Å². The van der Waals surface area contributed by atoms with E-state index < -0.39 is 22.2 Å². The largest absolute Gasteiger partial charge is 0.417 e. The Labute approximate surface area is 180 Å². The zero-order valence-corrected chi connectivity index (χ0v) is 18.5. The number of halogens is 5. The number of amides is 1. The molecule has 1 unspecified atom stereocenters. The summed E-state index contributed by atoms with van der Waals surface area (Å²) in [5.74, 6) is -0.335. The molecule has 29 heavy (non-hydrogen) atoms. The quantitative estimate of drug-likeness (QED) is 0.446. The predicted octanol–water partition coefficient (Wildman–Crippen LogP) is 7.62. The molecule has 0 spiro atoms. The highest BCUT2D eigenvalue weighted by Crippen LogP contribution is 2.40. The van der Waals surface area contributed by atoms with Crippen LogP contribution in [-0.4, -0.2) is 11.3 Å². The van der Waals surface area contributed by atoms with E-state index in [0.717, 1.165) is 25.0 Å². The first kappa shape index (κ1) is 23.8. The van der Waals surface area contributed by atoms with Gasteiger partial charge in [-0.3, -0.25) is 4.79 Å². The number of rotatable bonds is 6. The van der Waals surface area contributed by atoms with E-state index in [-0.39, 0.29) is 22.4 Å². The summed E-state index contributed by atoms with van der Waals surface area (Å²) in [7, 11) is 0. The van der Waals surface area contributed by atoms with Gasteiger partial charge in [-0.1, -0.05) is 57.5 Å². The molecule has 1 atom stereocenters. The minimum Gasteiger partial charge on any atom is -0.326 e. The van der Waals surface area contributed by atoms with Crippen molar-refractivity contribution in [3.8, 4) is 0 Å². The van der Waals surface area contributed by atoms with Crippen molar-refractivity contribution in [1.82, 2.24) is 0 Å². The molecule has 0 saturated carbocycles. The van der Waals surface area contributed by atoms with Crippen molar-refractivity contribution in [3.63, 3.8) is 0 Å². The van der Waals surface area contributed by atoms with Gasteiger partial charge in [-0.05, 0) is 48.4 Å². The van der Waals surface area contributed by atoms with E-state index >= 15 is 0 Å². The van der Waals surface area contributed by atoms with Crippen molar-refractivity contribution in [2.24, 2.45) is 10.8 Å². The fourth-order valence-electron chi connectivity index (χ4n) is 3.10. The Bertz CT molecular complexity index is 826. The lowest BCUT2D eigenvalue weighted by Crippen LogP contribution is -2.32. The lowest BCUT2D eigenvalue weighted by atomic mass is 9.73. The average molecular weight is 448 g/mol. The van der Waals surface area contributed by atoms with E-state index in [1.165, 1.54) is 11.6 Å². The van der Waals surface area contributed by atoms with E-state index in [1.54, 1.807) is 13.8 Å². The Hall–Kier alpha value is -1.46. The Morgan fingerprint density at radius 2 is 1.83 bits per heavy atom. The number of allylic oxidation sites excluding steroid dienone is 4. The van der Waals surface area contributed by atoms with Crippen LogP contribution in [0, 0.1) is 10.8 Å². The molecule has 7 heteroatoms. The van der Waals surface area contributed by atoms with Crippen molar-refractivity contribution in [3.05, 3.63) is 52.6 Å². The number of hydrogen-bond acceptors (Lipinski definition) is 1. The first-order chi connectivity index (χ1) is 13.2. The first-order valence-corrected chi connectivity index (χ1v) is 10.2. The smallest absolute Gasteiger partial charge is 0.326 e. The minimum absolute atomic E-state index is 0.0118. The first-order valence-electron chi connectivity index (χ1n) is 9.43. The molecule has 0 heterocycles. The molecule has 0 bridgehead atoms. The highest BCUT2D eigenvalue weighted by atomic mass is 35.5. The van der Waals surface area contributed by atoms with E-state index in [4.69, 9.17) is 23.2 Å². The molecule has 1 amide bonds. The maximum atomic E-state index is 13.0. The summed E-state index contributed by atoms with van der Waals surface area (Å²) >= 11 is 11.7. The molecule has 1 aromatic rings. The van der Waals surface area contributed by atoms with Crippen molar-refractivity contribution in [2.75, 3.05) is 5.32 Å². The molecule has 0 radical (unpaired) electrons. The Morgan fingerprint density at radius 3 is 2.38 bits per heavy atom. The van der Waals surface area contributed by atoms with Crippen molar-refractivity contribution in [2.45, 2.75) is 58.5 Å². The van der Waals surface area contributed by atoms with E-state index in [1.807, 2.05) is 12.2 Å². The number of benzene rings is 1. The fourth-order valence-corrected chi connectivity index (χ4v) is 3.49. The summed E-state index contributed by atoms with van der Waals surface area (Å²) < 4.78 is 39.1. The molecule has 1 N–H and O–H groups in total. The molecule has 0 saturated heterocycles. The van der Waals surface area contributed by atoms with Gasteiger partial charge in [-0.15, -0.1) is 11.6 Å². The van der Waals surface area contributed by atoms with Crippen LogP contribution >= 0.6 is 23.2 Å². The summed E-state index contributed by atoms with van der Waals surface area (Å²) in [6.45, 7) is 7.80. The molecular formula is C22H26Cl2F3NO. The molecule has 1 aliphatic rings. The molecule has 2 rings (SSSR count). The average Bonchev–Trinajstić information content (AvgIpc) is 2.61. The molecule has 1 aliphatic carbocycles. The molecule has 0 fully saturated rings. The van der Waals surface area contributed by atoms with Crippen LogP contribution in [0.25, 0.3) is 0 Å². The Morgan fingerprint density at radius 1 is 1.17 bits per heavy atom. The second-order valence-electron chi connectivity index (χ2n) is 8.68. The highest BCUT2D eigenvalue weighted by Gasteiger charge is 2.35. The van der Waals surface area contributed by atoms with Gasteiger partial charge in [-0.2, -0.15) is 13.2 Å². The number of carbonyl (C=O) groups is 1. The standard InChI is InChI=1S/C22H26Cl2F3NO/c1-20(2,14-5-7-15(23)8-6-14)11-12-21(3,4)19(29)28-16-9-10-18(24)17(13-16)22(25,26)27/h5-7,9-10,13,15H,8,11-12H2,1-4H3,(H,28,29). The van der Waals surface area contributed by atoms with Crippen molar-refractivity contribution < 1.29 is 18.0 Å². The van der Waals surface area contributed by atoms with Gasteiger partial charge in [0.1, 0.15) is 0 Å². The lowest BCUT2D eigenvalue weighted by Gasteiger charge is -2.32. The van der Waals surface area contributed by atoms with Gasteiger partial charge in [0, 0.05) is 11.1 Å². The normalized spacial score (nSPS) is 17.8. The number of alkyl halides is 4. The SMILES string of the molecule is CC(C)(CCC(C)(C)C1=CCC(Cl)C=C1)C(=O)Nc1ccc(Cl)c(C(F)(F)F)c1. The van der Waals surface area contributed by atoms with Gasteiger partial charge in [-0.25, -0.2) is 0 Å². The van der Waals surface area contributed by atoms with E-state index in [2.05, 4.69) is 25.2 Å². The van der Waals surface area contributed by atoms with Crippen LogP contribution < -0.4 is 5.32 Å². The topological polar surface area (TPSA) is 29.1 Å². The van der Waals surface area contributed by atoms with Crippen LogP contribution in [0.2, 0.25) is 5.02 Å². The highest BCUT2D eigenvalue weighted by molar-refractivity contribution is 6.31. The number of hydrogen-bond donors (Lipinski definition) is 1. The van der Waals surface area contributed by atoms with Crippen molar-refractivity contribution >= 4 is 34.8 Å².